The van der Waals surface area contributed by atoms with Crippen LogP contribution in [-0.4, -0.2) is 4.98 Å². The van der Waals surface area contributed by atoms with E-state index in [4.69, 9.17) is 4.98 Å². The predicted molar refractivity (Wildman–Crippen MR) is 238 cm³/mol. The number of rotatable bonds is 9. The van der Waals surface area contributed by atoms with Crippen LogP contribution in [0.1, 0.15) is 25.3 Å². The maximum atomic E-state index is 5.17. The molecule has 1 aromatic heterocycles. The molecule has 0 aliphatic rings. The van der Waals surface area contributed by atoms with Crippen molar-refractivity contribution in [3.05, 3.63) is 218 Å². The summed E-state index contributed by atoms with van der Waals surface area (Å²) in [5, 5.41) is 1.13. The molecular formula is C54H42N2. The van der Waals surface area contributed by atoms with Gasteiger partial charge in [-0.25, -0.2) is 4.98 Å². The molecule has 56 heavy (non-hydrogen) atoms. The fraction of sp³-hybridized carbons (Fsp3) is 0.0556. The molecule has 8 aromatic carbocycles. The molecule has 0 atom stereocenters. The minimum atomic E-state index is 0.399. The Kier molecular flexibility index (Phi) is 9.53. The lowest BCUT2D eigenvalue weighted by Crippen LogP contribution is -2.09. The molecule has 9 aromatic rings. The van der Waals surface area contributed by atoms with Crippen molar-refractivity contribution < 1.29 is 0 Å². The standard InChI is InChI=1S/C54H42N2/c1-38(2)51-36-45(28-35-50(51)42-16-8-4-9-17-42)41-24-31-48(32-25-41)56(47-29-22-40(23-30-47)39-14-6-3-7-15-39)49-33-26-43(27-34-49)52-37-46-20-12-13-21-53(46)55-54(52)44-18-10-5-11-19-44/h3-38H,1-2H3. The Bertz CT molecular complexity index is 2720. The molecule has 9 rings (SSSR count). The van der Waals surface area contributed by atoms with Crippen molar-refractivity contribution >= 4 is 28.0 Å². The maximum absolute atomic E-state index is 5.17. The zero-order valence-electron chi connectivity index (χ0n) is 31.7. The number of para-hydroxylation sites is 1. The summed E-state index contributed by atoms with van der Waals surface area (Å²) in [5.41, 5.74) is 17.3. The summed E-state index contributed by atoms with van der Waals surface area (Å²) in [6, 6.07) is 76.1. The normalized spacial score (nSPS) is 11.2. The smallest absolute Gasteiger partial charge is 0.0788 e. The topological polar surface area (TPSA) is 16.1 Å². The highest BCUT2D eigenvalue weighted by Crippen LogP contribution is 2.40. The zero-order valence-corrected chi connectivity index (χ0v) is 31.7. The molecule has 0 bridgehead atoms. The molecule has 0 aliphatic carbocycles. The molecule has 0 aliphatic heterocycles. The zero-order chi connectivity index (χ0) is 37.8. The minimum Gasteiger partial charge on any atom is -0.311 e. The highest BCUT2D eigenvalue weighted by atomic mass is 15.1. The van der Waals surface area contributed by atoms with Crippen LogP contribution < -0.4 is 4.90 Å². The molecule has 268 valence electrons. The second-order valence-corrected chi connectivity index (χ2v) is 14.6. The quantitative estimate of drug-likeness (QED) is 0.148. The summed E-state index contributed by atoms with van der Waals surface area (Å²) < 4.78 is 0. The lowest BCUT2D eigenvalue weighted by Gasteiger charge is -2.26. The fourth-order valence-electron chi connectivity index (χ4n) is 7.73. The molecule has 0 amide bonds. The number of anilines is 3. The summed E-state index contributed by atoms with van der Waals surface area (Å²) in [6.45, 7) is 4.56. The monoisotopic (exact) mass is 718 g/mol. The average molecular weight is 719 g/mol. The van der Waals surface area contributed by atoms with Gasteiger partial charge in [-0.3, -0.25) is 0 Å². The van der Waals surface area contributed by atoms with E-state index < -0.39 is 0 Å². The van der Waals surface area contributed by atoms with E-state index in [1.54, 1.807) is 0 Å². The van der Waals surface area contributed by atoms with Gasteiger partial charge in [-0.05, 0) is 99.0 Å². The van der Waals surface area contributed by atoms with Crippen LogP contribution in [0, 0.1) is 0 Å². The van der Waals surface area contributed by atoms with E-state index in [1.807, 2.05) is 0 Å². The summed E-state index contributed by atoms with van der Waals surface area (Å²) in [6.07, 6.45) is 0. The largest absolute Gasteiger partial charge is 0.311 e. The molecule has 0 fully saturated rings. The SMILES string of the molecule is CC(C)c1cc(-c2ccc(N(c3ccc(-c4ccccc4)cc3)c3ccc(-c4cc5ccccc5nc4-c4ccccc4)cc3)cc2)ccc1-c1ccccc1. The average Bonchev–Trinajstić information content (AvgIpc) is 3.27. The Morgan fingerprint density at radius 1 is 0.357 bits per heavy atom. The molecule has 0 radical (unpaired) electrons. The van der Waals surface area contributed by atoms with Crippen molar-refractivity contribution in [1.82, 2.24) is 4.98 Å². The molecule has 1 heterocycles. The molecular weight excluding hydrogens is 677 g/mol. The van der Waals surface area contributed by atoms with Gasteiger partial charge >= 0.3 is 0 Å². The van der Waals surface area contributed by atoms with Gasteiger partial charge in [-0.15, -0.1) is 0 Å². The highest BCUT2D eigenvalue weighted by Gasteiger charge is 2.17. The van der Waals surface area contributed by atoms with Gasteiger partial charge in [0.2, 0.25) is 0 Å². The Hall–Kier alpha value is -7.03. The van der Waals surface area contributed by atoms with E-state index in [9.17, 15) is 0 Å². The van der Waals surface area contributed by atoms with E-state index >= 15 is 0 Å². The van der Waals surface area contributed by atoms with Gasteiger partial charge < -0.3 is 4.90 Å². The number of fused-ring (bicyclic) bond motifs is 1. The van der Waals surface area contributed by atoms with Gasteiger partial charge in [0.1, 0.15) is 0 Å². The van der Waals surface area contributed by atoms with E-state index in [2.05, 4.69) is 231 Å². The van der Waals surface area contributed by atoms with E-state index in [0.29, 0.717) is 5.92 Å². The molecule has 0 N–H and O–H groups in total. The van der Waals surface area contributed by atoms with E-state index in [-0.39, 0.29) is 0 Å². The van der Waals surface area contributed by atoms with Gasteiger partial charge in [0.05, 0.1) is 11.2 Å². The first kappa shape index (κ1) is 34.7. The minimum absolute atomic E-state index is 0.399. The number of aromatic nitrogens is 1. The Morgan fingerprint density at radius 3 is 1.36 bits per heavy atom. The summed E-state index contributed by atoms with van der Waals surface area (Å²) >= 11 is 0. The van der Waals surface area contributed by atoms with E-state index in [0.717, 1.165) is 50.3 Å². The number of benzene rings is 8. The van der Waals surface area contributed by atoms with Crippen molar-refractivity contribution in [2.45, 2.75) is 19.8 Å². The predicted octanol–water partition coefficient (Wildman–Crippen LogP) is 15.2. The number of hydrogen-bond donors (Lipinski definition) is 0. The van der Waals surface area contributed by atoms with Crippen LogP contribution in [0.15, 0.2) is 212 Å². The maximum Gasteiger partial charge on any atom is 0.0788 e. The molecule has 0 unspecified atom stereocenters. The first-order valence-electron chi connectivity index (χ1n) is 19.4. The lowest BCUT2D eigenvalue weighted by atomic mass is 9.89. The number of nitrogens with zero attached hydrogens (tertiary/aromatic N) is 2. The van der Waals surface area contributed by atoms with Gasteiger partial charge in [-0.2, -0.15) is 0 Å². The Balaban J connectivity index is 1.10. The van der Waals surface area contributed by atoms with Crippen LogP contribution in [0.5, 0.6) is 0 Å². The third kappa shape index (κ3) is 7.01. The molecule has 0 saturated heterocycles. The highest BCUT2D eigenvalue weighted by molar-refractivity contribution is 5.92. The van der Waals surface area contributed by atoms with Crippen LogP contribution in [0.2, 0.25) is 0 Å². The lowest BCUT2D eigenvalue weighted by molar-refractivity contribution is 0.869. The fourth-order valence-corrected chi connectivity index (χ4v) is 7.73. The van der Waals surface area contributed by atoms with E-state index in [1.165, 1.54) is 38.9 Å². The van der Waals surface area contributed by atoms with Gasteiger partial charge in [0.25, 0.3) is 0 Å². The van der Waals surface area contributed by atoms with Crippen LogP contribution >= 0.6 is 0 Å². The third-order valence-corrected chi connectivity index (χ3v) is 10.7. The Morgan fingerprint density at radius 2 is 0.786 bits per heavy atom. The Labute approximate surface area is 330 Å². The van der Waals surface area contributed by atoms with Gasteiger partial charge in [0.15, 0.2) is 0 Å². The summed E-state index contributed by atoms with van der Waals surface area (Å²) in [4.78, 5) is 7.51. The van der Waals surface area contributed by atoms with Crippen molar-refractivity contribution in [3.8, 4) is 55.8 Å². The van der Waals surface area contributed by atoms with Gasteiger partial charge in [-0.1, -0.05) is 178 Å². The molecule has 0 spiro atoms. The molecule has 2 heteroatoms. The van der Waals surface area contributed by atoms with Crippen molar-refractivity contribution in [3.63, 3.8) is 0 Å². The second-order valence-electron chi connectivity index (χ2n) is 14.6. The van der Waals surface area contributed by atoms with Crippen LogP contribution in [-0.2, 0) is 0 Å². The number of pyridine rings is 1. The second kappa shape index (κ2) is 15.4. The summed E-state index contributed by atoms with van der Waals surface area (Å²) in [7, 11) is 0. The first-order valence-corrected chi connectivity index (χ1v) is 19.4. The van der Waals surface area contributed by atoms with Gasteiger partial charge in [0, 0.05) is 33.6 Å². The van der Waals surface area contributed by atoms with Crippen molar-refractivity contribution in [2.24, 2.45) is 0 Å². The first-order chi connectivity index (χ1) is 27.6. The number of hydrogen-bond acceptors (Lipinski definition) is 2. The third-order valence-electron chi connectivity index (χ3n) is 10.7. The van der Waals surface area contributed by atoms with Crippen LogP contribution in [0.25, 0.3) is 66.7 Å². The molecule has 0 saturated carbocycles. The summed E-state index contributed by atoms with van der Waals surface area (Å²) in [5.74, 6) is 0.399. The molecule has 2 nitrogen and oxygen atoms in total. The van der Waals surface area contributed by atoms with Crippen molar-refractivity contribution in [2.75, 3.05) is 4.90 Å². The van der Waals surface area contributed by atoms with Crippen LogP contribution in [0.4, 0.5) is 17.1 Å². The van der Waals surface area contributed by atoms with Crippen molar-refractivity contribution in [1.29, 1.82) is 0 Å². The van der Waals surface area contributed by atoms with Crippen LogP contribution in [0.3, 0.4) is 0 Å².